The van der Waals surface area contributed by atoms with Crippen LogP contribution >= 0.6 is 0 Å². The van der Waals surface area contributed by atoms with Crippen LogP contribution in [0.3, 0.4) is 0 Å². The highest BCUT2D eigenvalue weighted by Gasteiger charge is 2.03. The SMILES string of the molecule is O=C(/C=C/c1ccccc1)[N]C(=O)/C=C/c1ccccc1. The fraction of sp³-hybridized carbons (Fsp3) is 0. The molecule has 0 bridgehead atoms. The van der Waals surface area contributed by atoms with E-state index in [1.807, 2.05) is 60.7 Å². The van der Waals surface area contributed by atoms with Gasteiger partial charge in [0.25, 0.3) is 11.8 Å². The highest BCUT2D eigenvalue weighted by molar-refractivity contribution is 6.07. The lowest BCUT2D eigenvalue weighted by molar-refractivity contribution is -0.125. The lowest BCUT2D eigenvalue weighted by atomic mass is 10.2. The molecule has 0 saturated carbocycles. The van der Waals surface area contributed by atoms with Crippen molar-refractivity contribution >= 4 is 24.0 Å². The van der Waals surface area contributed by atoms with Gasteiger partial charge in [-0.15, -0.1) is 0 Å². The average molecular weight is 276 g/mol. The van der Waals surface area contributed by atoms with Crippen LogP contribution in [-0.2, 0) is 9.59 Å². The molecular formula is C18H14NO2. The van der Waals surface area contributed by atoms with E-state index in [9.17, 15) is 9.59 Å². The van der Waals surface area contributed by atoms with E-state index in [0.29, 0.717) is 0 Å². The number of nitrogens with zero attached hydrogens (tertiary/aromatic N) is 1. The molecule has 0 aromatic heterocycles. The molecule has 0 aliphatic rings. The number of carbonyl (C=O) groups is 2. The first-order chi connectivity index (χ1) is 10.2. The Balaban J connectivity index is 1.87. The minimum atomic E-state index is -0.568. The number of hydrogen-bond acceptors (Lipinski definition) is 2. The summed E-state index contributed by atoms with van der Waals surface area (Å²) in [5.41, 5.74) is 1.77. The molecule has 0 spiro atoms. The van der Waals surface area contributed by atoms with Crippen molar-refractivity contribution in [1.82, 2.24) is 5.32 Å². The average Bonchev–Trinajstić information content (AvgIpc) is 2.53. The zero-order valence-electron chi connectivity index (χ0n) is 11.3. The van der Waals surface area contributed by atoms with E-state index in [4.69, 9.17) is 0 Å². The van der Waals surface area contributed by atoms with E-state index in [1.54, 1.807) is 12.2 Å². The Bertz CT molecular complexity index is 599. The zero-order chi connectivity index (χ0) is 14.9. The molecule has 0 saturated heterocycles. The maximum Gasteiger partial charge on any atom is 0.273 e. The molecule has 3 nitrogen and oxygen atoms in total. The number of hydrogen-bond donors (Lipinski definition) is 0. The Labute approximate surface area is 123 Å². The van der Waals surface area contributed by atoms with Gasteiger partial charge in [-0.1, -0.05) is 60.7 Å². The summed E-state index contributed by atoms with van der Waals surface area (Å²) >= 11 is 0. The van der Waals surface area contributed by atoms with Gasteiger partial charge in [0.2, 0.25) is 0 Å². The molecule has 2 amide bonds. The molecule has 3 heteroatoms. The summed E-state index contributed by atoms with van der Waals surface area (Å²) in [6.07, 6.45) is 5.81. The van der Waals surface area contributed by atoms with Gasteiger partial charge in [-0.2, -0.15) is 5.32 Å². The van der Waals surface area contributed by atoms with Gasteiger partial charge in [0.05, 0.1) is 0 Å². The largest absolute Gasteiger partial charge is 0.273 e. The number of amides is 2. The molecule has 2 rings (SSSR count). The first kappa shape index (κ1) is 14.5. The van der Waals surface area contributed by atoms with Gasteiger partial charge in [0, 0.05) is 12.2 Å². The Morgan fingerprint density at radius 1 is 0.667 bits per heavy atom. The van der Waals surface area contributed by atoms with Gasteiger partial charge in [-0.3, -0.25) is 9.59 Å². The third-order valence-electron chi connectivity index (χ3n) is 2.66. The van der Waals surface area contributed by atoms with Crippen LogP contribution in [0, 0.1) is 0 Å². The van der Waals surface area contributed by atoms with Gasteiger partial charge in [0.15, 0.2) is 0 Å². The van der Waals surface area contributed by atoms with Crippen LogP contribution < -0.4 is 5.32 Å². The number of carbonyl (C=O) groups excluding carboxylic acids is 2. The van der Waals surface area contributed by atoms with Crippen LogP contribution in [0.5, 0.6) is 0 Å². The Morgan fingerprint density at radius 3 is 1.43 bits per heavy atom. The Morgan fingerprint density at radius 2 is 1.05 bits per heavy atom. The fourth-order valence-electron chi connectivity index (χ4n) is 1.65. The third kappa shape index (κ3) is 5.28. The molecule has 0 fully saturated rings. The van der Waals surface area contributed by atoms with E-state index >= 15 is 0 Å². The number of benzene rings is 2. The first-order valence-electron chi connectivity index (χ1n) is 6.50. The van der Waals surface area contributed by atoms with Gasteiger partial charge >= 0.3 is 0 Å². The highest BCUT2D eigenvalue weighted by Crippen LogP contribution is 2.02. The zero-order valence-corrected chi connectivity index (χ0v) is 11.3. The molecular weight excluding hydrogens is 262 g/mol. The summed E-state index contributed by atoms with van der Waals surface area (Å²) in [6.45, 7) is 0. The van der Waals surface area contributed by atoms with Crippen LogP contribution in [0.25, 0.3) is 12.2 Å². The predicted molar refractivity (Wildman–Crippen MR) is 83.1 cm³/mol. The van der Waals surface area contributed by atoms with Crippen LogP contribution in [0.2, 0.25) is 0 Å². The van der Waals surface area contributed by atoms with Crippen molar-refractivity contribution in [3.05, 3.63) is 83.9 Å². The lowest BCUT2D eigenvalue weighted by Crippen LogP contribution is -2.18. The predicted octanol–water partition coefficient (Wildman–Crippen LogP) is 3.07. The van der Waals surface area contributed by atoms with Gasteiger partial charge in [-0.05, 0) is 23.3 Å². The second-order valence-corrected chi connectivity index (χ2v) is 4.28. The van der Waals surface area contributed by atoms with Crippen LogP contribution in [0.15, 0.2) is 72.8 Å². The third-order valence-corrected chi connectivity index (χ3v) is 2.66. The highest BCUT2D eigenvalue weighted by atomic mass is 16.2. The molecule has 0 heterocycles. The molecule has 0 aliphatic heterocycles. The first-order valence-corrected chi connectivity index (χ1v) is 6.50. The normalized spacial score (nSPS) is 10.9. The van der Waals surface area contributed by atoms with Crippen LogP contribution in [-0.4, -0.2) is 11.8 Å². The minimum absolute atomic E-state index is 0.568. The van der Waals surface area contributed by atoms with Crippen molar-refractivity contribution in [3.8, 4) is 0 Å². The maximum atomic E-state index is 11.5. The van der Waals surface area contributed by atoms with Crippen LogP contribution in [0.1, 0.15) is 11.1 Å². The van der Waals surface area contributed by atoms with Crippen molar-refractivity contribution in [1.29, 1.82) is 0 Å². The molecule has 0 aliphatic carbocycles. The maximum absolute atomic E-state index is 11.5. The van der Waals surface area contributed by atoms with Gasteiger partial charge in [0.1, 0.15) is 0 Å². The van der Waals surface area contributed by atoms with E-state index < -0.39 is 11.8 Å². The second kappa shape index (κ2) is 7.60. The molecule has 0 atom stereocenters. The van der Waals surface area contributed by atoms with Crippen molar-refractivity contribution in [2.45, 2.75) is 0 Å². The monoisotopic (exact) mass is 276 g/mol. The van der Waals surface area contributed by atoms with E-state index in [-0.39, 0.29) is 0 Å². The van der Waals surface area contributed by atoms with Gasteiger partial charge < -0.3 is 0 Å². The number of imide groups is 1. The summed E-state index contributed by atoms with van der Waals surface area (Å²) in [6, 6.07) is 18.7. The summed E-state index contributed by atoms with van der Waals surface area (Å²) in [5, 5.41) is 3.46. The van der Waals surface area contributed by atoms with Crippen LogP contribution in [0.4, 0.5) is 0 Å². The molecule has 0 unspecified atom stereocenters. The smallest absolute Gasteiger partial charge is 0.267 e. The van der Waals surface area contributed by atoms with E-state index in [0.717, 1.165) is 11.1 Å². The minimum Gasteiger partial charge on any atom is -0.267 e. The standard InChI is InChI=1S/C18H14NO2/c20-17(13-11-15-7-3-1-4-8-15)19-18(21)14-12-16-9-5-2-6-10-16/h1-14H/b13-11+,14-12+. The summed E-state index contributed by atoms with van der Waals surface area (Å²) in [5.74, 6) is -1.14. The second-order valence-electron chi connectivity index (χ2n) is 4.28. The number of rotatable bonds is 4. The van der Waals surface area contributed by atoms with Crippen molar-refractivity contribution in [3.63, 3.8) is 0 Å². The Kier molecular flexibility index (Phi) is 5.24. The fourth-order valence-corrected chi connectivity index (χ4v) is 1.65. The molecule has 2 aromatic carbocycles. The Hall–Kier alpha value is -2.94. The summed E-state index contributed by atoms with van der Waals surface area (Å²) in [7, 11) is 0. The molecule has 2 aromatic rings. The molecule has 1 radical (unpaired) electrons. The molecule has 103 valence electrons. The summed E-state index contributed by atoms with van der Waals surface area (Å²) in [4.78, 5) is 23.1. The molecule has 21 heavy (non-hydrogen) atoms. The van der Waals surface area contributed by atoms with Gasteiger partial charge in [-0.25, -0.2) is 0 Å². The molecule has 0 N–H and O–H groups in total. The van der Waals surface area contributed by atoms with Crippen molar-refractivity contribution in [2.24, 2.45) is 0 Å². The topological polar surface area (TPSA) is 48.2 Å². The lowest BCUT2D eigenvalue weighted by Gasteiger charge is -1.93. The van der Waals surface area contributed by atoms with E-state index in [1.165, 1.54) is 12.2 Å². The van der Waals surface area contributed by atoms with Crippen molar-refractivity contribution < 1.29 is 9.59 Å². The van der Waals surface area contributed by atoms with Crippen molar-refractivity contribution in [2.75, 3.05) is 0 Å². The quantitative estimate of drug-likeness (QED) is 0.806. The summed E-state index contributed by atoms with van der Waals surface area (Å²) < 4.78 is 0. The van der Waals surface area contributed by atoms with E-state index in [2.05, 4.69) is 5.32 Å².